The third-order valence-corrected chi connectivity index (χ3v) is 8.24. The van der Waals surface area contributed by atoms with Crippen molar-refractivity contribution in [2.75, 3.05) is 0 Å². The first kappa shape index (κ1) is 16.2. The summed E-state index contributed by atoms with van der Waals surface area (Å²) in [6, 6.07) is 17.9. The molecule has 4 aromatic rings. The second kappa shape index (κ2) is 6.89. The Morgan fingerprint density at radius 3 is 2.62 bits per heavy atom. The highest BCUT2D eigenvalue weighted by molar-refractivity contribution is 8.08. The van der Waals surface area contributed by atoms with Gasteiger partial charge in [-0.25, -0.2) is 0 Å². The van der Waals surface area contributed by atoms with Gasteiger partial charge in [0.1, 0.15) is 0 Å². The first-order valence-corrected chi connectivity index (χ1v) is 11.0. The molecule has 0 atom stereocenters. The molecule has 0 saturated heterocycles. The fourth-order valence-electron chi connectivity index (χ4n) is 2.57. The van der Waals surface area contributed by atoms with Gasteiger partial charge in [-0.3, -0.25) is 0 Å². The average Bonchev–Trinajstić information content (AvgIpc) is 3.31. The van der Waals surface area contributed by atoms with Gasteiger partial charge < -0.3 is 0 Å². The predicted octanol–water partition coefficient (Wildman–Crippen LogP) is 8.15. The van der Waals surface area contributed by atoms with Gasteiger partial charge in [0.2, 0.25) is 0 Å². The van der Waals surface area contributed by atoms with E-state index in [1.165, 1.54) is 39.4 Å². The maximum atomic E-state index is 2.33. The molecule has 0 amide bonds. The Kier molecular flexibility index (Phi) is 4.63. The van der Waals surface area contributed by atoms with Crippen molar-refractivity contribution < 1.29 is 0 Å². The zero-order valence-electron chi connectivity index (χ0n) is 13.4. The molecule has 0 bridgehead atoms. The Hall–Kier alpha value is -1.33. The first-order chi connectivity index (χ1) is 11.7. The van der Waals surface area contributed by atoms with E-state index >= 15 is 0 Å². The van der Waals surface area contributed by atoms with Crippen LogP contribution in [0.1, 0.15) is 16.7 Å². The number of rotatable bonds is 4. The molecular formula is C20H16S4. The Morgan fingerprint density at radius 2 is 1.92 bits per heavy atom. The fourth-order valence-corrected chi connectivity index (χ4v) is 6.39. The molecule has 0 fully saturated rings. The van der Waals surface area contributed by atoms with Gasteiger partial charge in [0.25, 0.3) is 0 Å². The molecule has 0 nitrogen and oxygen atoms in total. The van der Waals surface area contributed by atoms with Gasteiger partial charge in [0.05, 0.1) is 0 Å². The van der Waals surface area contributed by atoms with Crippen LogP contribution in [0.2, 0.25) is 0 Å². The number of benzene rings is 1. The third kappa shape index (κ3) is 3.24. The van der Waals surface area contributed by atoms with Crippen LogP contribution in [0, 0.1) is 6.92 Å². The molecule has 0 aliphatic rings. The minimum atomic E-state index is 1.30. The van der Waals surface area contributed by atoms with Crippen molar-refractivity contribution in [1.29, 1.82) is 0 Å². The molecule has 0 N–H and O–H groups in total. The lowest BCUT2D eigenvalue weighted by Gasteiger charge is -2.04. The second-order valence-corrected chi connectivity index (χ2v) is 9.89. The van der Waals surface area contributed by atoms with E-state index in [0.29, 0.717) is 0 Å². The van der Waals surface area contributed by atoms with Crippen molar-refractivity contribution in [1.82, 2.24) is 0 Å². The molecule has 0 radical (unpaired) electrons. The predicted molar refractivity (Wildman–Crippen MR) is 114 cm³/mol. The molecule has 1 aromatic carbocycles. The summed E-state index contributed by atoms with van der Waals surface area (Å²) in [6.45, 7) is 4.28. The quantitative estimate of drug-likeness (QED) is 0.320. The smallest absolute Gasteiger partial charge is 0.0455 e. The van der Waals surface area contributed by atoms with Crippen LogP contribution in [0.5, 0.6) is 0 Å². The number of hydrogen-bond donors (Lipinski definition) is 0. The molecule has 24 heavy (non-hydrogen) atoms. The molecule has 3 heterocycles. The van der Waals surface area contributed by atoms with Crippen LogP contribution in [0.4, 0.5) is 0 Å². The summed E-state index contributed by atoms with van der Waals surface area (Å²) in [6.07, 6.45) is 2.20. The van der Waals surface area contributed by atoms with E-state index in [-0.39, 0.29) is 0 Å². The Morgan fingerprint density at radius 1 is 1.00 bits per heavy atom. The van der Waals surface area contributed by atoms with Gasteiger partial charge in [-0.15, -0.1) is 34.0 Å². The molecule has 4 rings (SSSR count). The van der Waals surface area contributed by atoms with Crippen molar-refractivity contribution in [2.24, 2.45) is 0 Å². The van der Waals surface area contributed by atoms with E-state index in [1.54, 1.807) is 11.3 Å². The molecule has 120 valence electrons. The number of hydrogen-bond acceptors (Lipinski definition) is 4. The minimum absolute atomic E-state index is 1.30. The summed E-state index contributed by atoms with van der Waals surface area (Å²) in [4.78, 5) is 8.07. The topological polar surface area (TPSA) is 0 Å². The SMILES string of the molecule is C/C=C(\Sc1ccc2sc(-c3ccc(C)s3)cc2c1)c1cccs1. The second-order valence-electron chi connectivity index (χ2n) is 5.45. The van der Waals surface area contributed by atoms with Crippen molar-refractivity contribution >= 4 is 60.8 Å². The molecule has 0 saturated carbocycles. The van der Waals surface area contributed by atoms with E-state index in [4.69, 9.17) is 0 Å². The minimum Gasteiger partial charge on any atom is -0.143 e. The first-order valence-electron chi connectivity index (χ1n) is 7.71. The fraction of sp³-hybridized carbons (Fsp3) is 0.100. The summed E-state index contributed by atoms with van der Waals surface area (Å²) in [7, 11) is 0. The molecule has 0 unspecified atom stereocenters. The van der Waals surface area contributed by atoms with Crippen molar-refractivity contribution in [3.05, 3.63) is 69.7 Å². The van der Waals surface area contributed by atoms with Gasteiger partial charge in [-0.1, -0.05) is 23.9 Å². The van der Waals surface area contributed by atoms with E-state index in [9.17, 15) is 0 Å². The summed E-state index contributed by atoms with van der Waals surface area (Å²) in [5.74, 6) is 0. The van der Waals surface area contributed by atoms with Crippen LogP contribution in [0.3, 0.4) is 0 Å². The lowest BCUT2D eigenvalue weighted by Crippen LogP contribution is -1.75. The van der Waals surface area contributed by atoms with E-state index < -0.39 is 0 Å². The number of thioether (sulfide) groups is 1. The highest BCUT2D eigenvalue weighted by atomic mass is 32.2. The monoisotopic (exact) mass is 384 g/mol. The zero-order valence-corrected chi connectivity index (χ0v) is 16.7. The average molecular weight is 385 g/mol. The number of aryl methyl sites for hydroxylation is 1. The molecular weight excluding hydrogens is 368 g/mol. The molecule has 0 aliphatic carbocycles. The molecule has 4 heteroatoms. The highest BCUT2D eigenvalue weighted by Crippen LogP contribution is 2.41. The van der Waals surface area contributed by atoms with Gasteiger partial charge in [0.15, 0.2) is 0 Å². The van der Waals surface area contributed by atoms with Crippen LogP contribution in [0.25, 0.3) is 24.7 Å². The summed E-state index contributed by atoms with van der Waals surface area (Å²) in [5.41, 5.74) is 0. The van der Waals surface area contributed by atoms with Crippen LogP contribution < -0.4 is 0 Å². The van der Waals surface area contributed by atoms with E-state index in [0.717, 1.165) is 0 Å². The lowest BCUT2D eigenvalue weighted by atomic mass is 10.2. The van der Waals surface area contributed by atoms with Gasteiger partial charge in [-0.05, 0) is 67.1 Å². The molecule has 0 spiro atoms. The van der Waals surface area contributed by atoms with Crippen molar-refractivity contribution in [2.45, 2.75) is 18.7 Å². The molecule has 0 aliphatic heterocycles. The van der Waals surface area contributed by atoms with Crippen molar-refractivity contribution in [3.8, 4) is 9.75 Å². The maximum Gasteiger partial charge on any atom is 0.0455 e. The maximum absolute atomic E-state index is 2.33. The normalized spacial score (nSPS) is 12.2. The van der Waals surface area contributed by atoms with Gasteiger partial charge in [-0.2, -0.15) is 0 Å². The van der Waals surface area contributed by atoms with Crippen molar-refractivity contribution in [3.63, 3.8) is 0 Å². The van der Waals surface area contributed by atoms with Gasteiger partial charge >= 0.3 is 0 Å². The number of thiophene rings is 3. The van der Waals surface area contributed by atoms with E-state index in [1.807, 2.05) is 34.4 Å². The van der Waals surface area contributed by atoms with E-state index in [2.05, 4.69) is 73.8 Å². The number of fused-ring (bicyclic) bond motifs is 1. The van der Waals surface area contributed by atoms with Crippen LogP contribution in [0.15, 0.2) is 64.9 Å². The van der Waals surface area contributed by atoms with Crippen LogP contribution in [-0.4, -0.2) is 0 Å². The summed E-state index contributed by atoms with van der Waals surface area (Å²) in [5, 5.41) is 3.48. The number of allylic oxidation sites excluding steroid dienone is 1. The third-order valence-electron chi connectivity index (χ3n) is 3.72. The largest absolute Gasteiger partial charge is 0.143 e. The Labute approximate surface area is 158 Å². The highest BCUT2D eigenvalue weighted by Gasteiger charge is 2.09. The standard InChI is InChI=1S/C20H16S4/c1-3-16(18-5-4-10-21-18)23-15-7-9-17-14(11-15)12-20(24-17)19-8-6-13(2)22-19/h3-12H,1-2H3/b16-3-. The Bertz CT molecular complexity index is 1000. The molecule has 3 aromatic heterocycles. The summed E-state index contributed by atoms with van der Waals surface area (Å²) >= 11 is 7.40. The van der Waals surface area contributed by atoms with Crippen LogP contribution >= 0.6 is 45.8 Å². The Balaban J connectivity index is 1.66. The van der Waals surface area contributed by atoms with Crippen LogP contribution in [-0.2, 0) is 0 Å². The van der Waals surface area contributed by atoms with Gasteiger partial charge in [0, 0.05) is 34.0 Å². The lowest BCUT2D eigenvalue weighted by molar-refractivity contribution is 1.53. The zero-order chi connectivity index (χ0) is 16.5. The summed E-state index contributed by atoms with van der Waals surface area (Å²) < 4.78 is 1.36.